The van der Waals surface area contributed by atoms with E-state index in [0.717, 1.165) is 18.7 Å². The predicted octanol–water partition coefficient (Wildman–Crippen LogP) is 2.35. The van der Waals surface area contributed by atoms with E-state index < -0.39 is 0 Å². The second-order valence-corrected chi connectivity index (χ2v) is 6.69. The first-order valence-electron chi connectivity index (χ1n) is 8.44. The first kappa shape index (κ1) is 19.5. The highest BCUT2D eigenvalue weighted by Gasteiger charge is 2.07. The van der Waals surface area contributed by atoms with E-state index in [2.05, 4.69) is 25.4 Å². The van der Waals surface area contributed by atoms with Crippen LogP contribution in [0.4, 0.5) is 5.69 Å². The molecule has 0 unspecified atom stereocenters. The number of carbonyl (C=O) groups is 1. The number of nitrogens with zero attached hydrogens (tertiary/aromatic N) is 5. The van der Waals surface area contributed by atoms with E-state index >= 15 is 0 Å². The standard InChI is InChI=1S/C18H20N6O3S/c1-12-15(28-11-20-12)6-7-24-10-14(9-21-24)22-16(25)5-4-13-8-19-18(27-3)23-17(13)26-2/h4-5,8-11H,6-7H2,1-3H3,(H,22,25). The van der Waals surface area contributed by atoms with Crippen molar-refractivity contribution in [3.05, 3.63) is 46.3 Å². The molecule has 0 bridgehead atoms. The number of rotatable bonds is 8. The Morgan fingerprint density at radius 1 is 1.29 bits per heavy atom. The van der Waals surface area contributed by atoms with Crippen molar-refractivity contribution >= 4 is 29.0 Å². The lowest BCUT2D eigenvalue weighted by Crippen LogP contribution is -2.07. The van der Waals surface area contributed by atoms with Crippen LogP contribution in [0, 0.1) is 6.92 Å². The van der Waals surface area contributed by atoms with Crippen molar-refractivity contribution in [1.82, 2.24) is 24.7 Å². The molecule has 9 nitrogen and oxygen atoms in total. The molecule has 146 valence electrons. The second kappa shape index (κ2) is 9.09. The number of ether oxygens (including phenoxy) is 2. The number of aromatic nitrogens is 5. The molecule has 3 heterocycles. The van der Waals surface area contributed by atoms with E-state index in [4.69, 9.17) is 9.47 Å². The Morgan fingerprint density at radius 2 is 2.14 bits per heavy atom. The summed E-state index contributed by atoms with van der Waals surface area (Å²) in [5.74, 6) is 0.0257. The minimum absolute atomic E-state index is 0.194. The number of carbonyl (C=O) groups excluding carboxylic acids is 1. The number of nitrogens with one attached hydrogen (secondary N) is 1. The maximum atomic E-state index is 12.2. The average Bonchev–Trinajstić information content (AvgIpc) is 3.33. The molecule has 0 aliphatic heterocycles. The Balaban J connectivity index is 1.57. The number of amides is 1. The van der Waals surface area contributed by atoms with Gasteiger partial charge in [-0.2, -0.15) is 10.1 Å². The molecular formula is C18H20N6O3S. The minimum Gasteiger partial charge on any atom is -0.480 e. The highest BCUT2D eigenvalue weighted by Crippen LogP contribution is 2.18. The normalized spacial score (nSPS) is 11.0. The number of anilines is 1. The van der Waals surface area contributed by atoms with Crippen LogP contribution in [0.3, 0.4) is 0 Å². The van der Waals surface area contributed by atoms with Crippen LogP contribution < -0.4 is 14.8 Å². The van der Waals surface area contributed by atoms with Gasteiger partial charge in [-0.15, -0.1) is 11.3 Å². The highest BCUT2D eigenvalue weighted by molar-refractivity contribution is 7.09. The predicted molar refractivity (Wildman–Crippen MR) is 106 cm³/mol. The number of methoxy groups -OCH3 is 2. The fourth-order valence-electron chi connectivity index (χ4n) is 2.42. The van der Waals surface area contributed by atoms with E-state index in [9.17, 15) is 4.79 Å². The summed E-state index contributed by atoms with van der Waals surface area (Å²) < 4.78 is 11.9. The summed E-state index contributed by atoms with van der Waals surface area (Å²) in [6.45, 7) is 2.71. The number of thiazole rings is 1. The number of hydrogen-bond acceptors (Lipinski definition) is 8. The summed E-state index contributed by atoms with van der Waals surface area (Å²) in [4.78, 5) is 25.7. The zero-order valence-corrected chi connectivity index (χ0v) is 16.6. The maximum Gasteiger partial charge on any atom is 0.319 e. The molecule has 3 aromatic rings. The van der Waals surface area contributed by atoms with Gasteiger partial charge in [0.2, 0.25) is 11.8 Å². The van der Waals surface area contributed by atoms with Gasteiger partial charge in [-0.25, -0.2) is 9.97 Å². The van der Waals surface area contributed by atoms with E-state index in [1.807, 2.05) is 12.4 Å². The van der Waals surface area contributed by atoms with Gasteiger partial charge < -0.3 is 14.8 Å². The zero-order chi connectivity index (χ0) is 19.9. The Kier molecular flexibility index (Phi) is 6.33. The van der Waals surface area contributed by atoms with Crippen molar-refractivity contribution in [3.63, 3.8) is 0 Å². The monoisotopic (exact) mass is 400 g/mol. The van der Waals surface area contributed by atoms with E-state index in [1.54, 1.807) is 34.5 Å². The van der Waals surface area contributed by atoms with Crippen molar-refractivity contribution in [2.75, 3.05) is 19.5 Å². The molecule has 1 N–H and O–H groups in total. The van der Waals surface area contributed by atoms with Crippen molar-refractivity contribution in [3.8, 4) is 11.9 Å². The highest BCUT2D eigenvalue weighted by atomic mass is 32.1. The molecule has 0 spiro atoms. The summed E-state index contributed by atoms with van der Waals surface area (Å²) in [5, 5.41) is 7.04. The van der Waals surface area contributed by atoms with Crippen molar-refractivity contribution in [2.45, 2.75) is 19.9 Å². The van der Waals surface area contributed by atoms with Gasteiger partial charge in [0.15, 0.2) is 0 Å². The van der Waals surface area contributed by atoms with Gasteiger partial charge in [0.25, 0.3) is 0 Å². The quantitative estimate of drug-likeness (QED) is 0.579. The molecule has 0 radical (unpaired) electrons. The molecule has 10 heteroatoms. The summed E-state index contributed by atoms with van der Waals surface area (Å²) in [6, 6.07) is 0.194. The maximum absolute atomic E-state index is 12.2. The molecule has 1 amide bonds. The van der Waals surface area contributed by atoms with E-state index in [1.165, 1.54) is 31.4 Å². The van der Waals surface area contributed by atoms with Gasteiger partial charge in [-0.3, -0.25) is 9.48 Å². The summed E-state index contributed by atoms with van der Waals surface area (Å²) >= 11 is 1.64. The molecular weight excluding hydrogens is 380 g/mol. The molecule has 0 saturated heterocycles. The van der Waals surface area contributed by atoms with Crippen molar-refractivity contribution in [2.24, 2.45) is 0 Å². The van der Waals surface area contributed by atoms with Crippen molar-refractivity contribution in [1.29, 1.82) is 0 Å². The molecule has 0 fully saturated rings. The molecule has 3 aromatic heterocycles. The molecule has 0 aliphatic rings. The van der Waals surface area contributed by atoms with Gasteiger partial charge in [-0.05, 0) is 13.0 Å². The van der Waals surface area contributed by atoms with Crippen LogP contribution in [0.25, 0.3) is 6.08 Å². The molecule has 0 saturated carbocycles. The zero-order valence-electron chi connectivity index (χ0n) is 15.7. The summed E-state index contributed by atoms with van der Waals surface area (Å²) in [7, 11) is 2.96. The first-order chi connectivity index (χ1) is 13.6. The first-order valence-corrected chi connectivity index (χ1v) is 9.32. The topological polar surface area (TPSA) is 104 Å². The summed E-state index contributed by atoms with van der Waals surface area (Å²) in [6.07, 6.45) is 8.73. The van der Waals surface area contributed by atoms with Crippen molar-refractivity contribution < 1.29 is 14.3 Å². The smallest absolute Gasteiger partial charge is 0.319 e. The lowest BCUT2D eigenvalue weighted by molar-refractivity contribution is -0.111. The lowest BCUT2D eigenvalue weighted by atomic mass is 10.3. The molecule has 3 rings (SSSR count). The SMILES string of the molecule is COc1ncc(C=CC(=O)Nc2cnn(CCc3scnc3C)c2)c(OC)n1. The Hall–Kier alpha value is -3.27. The molecule has 0 aliphatic carbocycles. The Labute approximate surface area is 166 Å². The lowest BCUT2D eigenvalue weighted by Gasteiger charge is -2.04. The minimum atomic E-state index is -0.296. The molecule has 0 aromatic carbocycles. The number of hydrogen-bond donors (Lipinski definition) is 1. The van der Waals surface area contributed by atoms with Crippen LogP contribution >= 0.6 is 11.3 Å². The molecule has 0 atom stereocenters. The van der Waals surface area contributed by atoms with Gasteiger partial charge >= 0.3 is 6.01 Å². The largest absolute Gasteiger partial charge is 0.480 e. The van der Waals surface area contributed by atoms with Crippen LogP contribution in [0.2, 0.25) is 0 Å². The van der Waals surface area contributed by atoms with Gasteiger partial charge in [0.1, 0.15) is 0 Å². The molecule has 28 heavy (non-hydrogen) atoms. The summed E-state index contributed by atoms with van der Waals surface area (Å²) in [5.41, 5.74) is 4.07. The van der Waals surface area contributed by atoms with E-state index in [0.29, 0.717) is 17.1 Å². The van der Waals surface area contributed by atoms with Gasteiger partial charge in [0.05, 0.1) is 42.9 Å². The van der Waals surface area contributed by atoms with Crippen LogP contribution in [0.5, 0.6) is 11.9 Å². The van der Waals surface area contributed by atoms with Gasteiger partial charge in [-0.1, -0.05) is 0 Å². The fourth-order valence-corrected chi connectivity index (χ4v) is 3.19. The second-order valence-electron chi connectivity index (χ2n) is 5.75. The Bertz CT molecular complexity index is 981. The third-order valence-electron chi connectivity index (χ3n) is 3.86. The Morgan fingerprint density at radius 3 is 2.86 bits per heavy atom. The average molecular weight is 400 g/mol. The van der Waals surface area contributed by atoms with Gasteiger partial charge in [0, 0.05) is 36.3 Å². The van der Waals surface area contributed by atoms with E-state index in [-0.39, 0.29) is 11.9 Å². The third kappa shape index (κ3) is 4.92. The number of aryl methyl sites for hydroxylation is 3. The van der Waals surface area contributed by atoms with Crippen LogP contribution in [0.1, 0.15) is 16.1 Å². The third-order valence-corrected chi connectivity index (χ3v) is 4.86. The fraction of sp³-hybridized carbons (Fsp3) is 0.278. The van der Waals surface area contributed by atoms with Crippen LogP contribution in [0.15, 0.2) is 30.2 Å². The van der Waals surface area contributed by atoms with Crippen LogP contribution in [-0.4, -0.2) is 44.9 Å². The van der Waals surface area contributed by atoms with Crippen LogP contribution in [-0.2, 0) is 17.8 Å².